The van der Waals surface area contributed by atoms with Crippen LogP contribution in [0.4, 0.5) is 11.6 Å². The number of carbonyl (C=O) groups is 1. The summed E-state index contributed by atoms with van der Waals surface area (Å²) < 4.78 is 8.28. The van der Waals surface area contributed by atoms with Crippen molar-refractivity contribution < 1.29 is 9.21 Å². The molecule has 1 saturated heterocycles. The summed E-state index contributed by atoms with van der Waals surface area (Å²) in [5.74, 6) is 1.91. The Morgan fingerprint density at radius 3 is 2.44 bits per heavy atom. The van der Waals surface area contributed by atoms with Gasteiger partial charge in [0.25, 0.3) is 11.5 Å². The SMILES string of the molecule is CC1=C(C(=O)Nc2ccccc2)[C@@H](c2ccccc2)n2c(s/c(=C/c3ccc(N4CCC(C)CC4)o3)c2=O)=N1. The van der Waals surface area contributed by atoms with Crippen LogP contribution in [0.5, 0.6) is 0 Å². The zero-order valence-electron chi connectivity index (χ0n) is 22.0. The van der Waals surface area contributed by atoms with Gasteiger partial charge in [0.05, 0.1) is 21.8 Å². The van der Waals surface area contributed by atoms with Gasteiger partial charge in [-0.2, -0.15) is 0 Å². The van der Waals surface area contributed by atoms with E-state index in [2.05, 4.69) is 17.1 Å². The Morgan fingerprint density at radius 1 is 1.03 bits per heavy atom. The Labute approximate surface area is 230 Å². The van der Waals surface area contributed by atoms with Crippen molar-refractivity contribution in [1.82, 2.24) is 4.57 Å². The monoisotopic (exact) mass is 538 g/mol. The molecule has 0 spiro atoms. The lowest BCUT2D eigenvalue weighted by Crippen LogP contribution is -2.40. The van der Waals surface area contributed by atoms with Crippen LogP contribution in [0.15, 0.2) is 98.3 Å². The maximum absolute atomic E-state index is 13.9. The van der Waals surface area contributed by atoms with Crippen molar-refractivity contribution in [3.8, 4) is 0 Å². The molecule has 1 atom stereocenters. The van der Waals surface area contributed by atoms with Gasteiger partial charge in [-0.15, -0.1) is 0 Å². The molecule has 4 aromatic rings. The summed E-state index contributed by atoms with van der Waals surface area (Å²) in [5, 5.41) is 2.98. The van der Waals surface area contributed by atoms with E-state index >= 15 is 0 Å². The van der Waals surface area contributed by atoms with Crippen LogP contribution in [0.2, 0.25) is 0 Å². The van der Waals surface area contributed by atoms with Gasteiger partial charge in [0.1, 0.15) is 5.76 Å². The minimum atomic E-state index is -0.601. The maximum atomic E-state index is 13.9. The largest absolute Gasteiger partial charge is 0.441 e. The van der Waals surface area contributed by atoms with Crippen LogP contribution in [-0.4, -0.2) is 23.6 Å². The predicted molar refractivity (Wildman–Crippen MR) is 155 cm³/mol. The number of fused-ring (bicyclic) bond motifs is 1. The highest BCUT2D eigenvalue weighted by atomic mass is 32.1. The first-order valence-electron chi connectivity index (χ1n) is 13.3. The topological polar surface area (TPSA) is 79.8 Å². The summed E-state index contributed by atoms with van der Waals surface area (Å²) in [6.07, 6.45) is 4.08. The van der Waals surface area contributed by atoms with E-state index in [1.807, 2.05) is 79.7 Å². The number of hydrogen-bond donors (Lipinski definition) is 1. The van der Waals surface area contributed by atoms with E-state index in [0.717, 1.165) is 43.3 Å². The molecule has 0 bridgehead atoms. The number of piperidine rings is 1. The standard InChI is InChI=1S/C31H30N4O3S/c1-20-15-17-34(18-16-20)26-14-13-24(38-26)19-25-30(37)35-28(22-9-5-3-6-10-22)27(21(2)32-31(35)39-25)29(36)33-23-11-7-4-8-12-23/h3-14,19-20,28H,15-18H2,1-2H3,(H,33,36)/b25-19+/t28-/m1/s1. The van der Waals surface area contributed by atoms with Crippen LogP contribution in [-0.2, 0) is 4.79 Å². The fraction of sp³-hybridized carbons (Fsp3) is 0.258. The van der Waals surface area contributed by atoms with Gasteiger partial charge >= 0.3 is 0 Å². The Balaban J connectivity index is 1.40. The fourth-order valence-corrected chi connectivity index (χ4v) is 6.26. The first-order chi connectivity index (χ1) is 19.0. The third kappa shape index (κ3) is 5.00. The average Bonchev–Trinajstić information content (AvgIpc) is 3.53. The van der Waals surface area contributed by atoms with Crippen molar-refractivity contribution in [1.29, 1.82) is 0 Å². The third-order valence-electron chi connectivity index (χ3n) is 7.39. The molecular formula is C31H30N4O3S. The summed E-state index contributed by atoms with van der Waals surface area (Å²) >= 11 is 1.31. The molecule has 1 fully saturated rings. The molecule has 8 heteroatoms. The number of benzene rings is 2. The molecule has 0 saturated carbocycles. The van der Waals surface area contributed by atoms with Gasteiger partial charge in [-0.1, -0.05) is 66.8 Å². The van der Waals surface area contributed by atoms with Gasteiger partial charge in [-0.05, 0) is 49.4 Å². The van der Waals surface area contributed by atoms with Crippen LogP contribution >= 0.6 is 11.3 Å². The van der Waals surface area contributed by atoms with Crippen molar-refractivity contribution in [2.45, 2.75) is 32.7 Å². The molecule has 2 aromatic carbocycles. The van der Waals surface area contributed by atoms with E-state index in [0.29, 0.717) is 32.1 Å². The lowest BCUT2D eigenvalue weighted by molar-refractivity contribution is -0.113. The second-order valence-electron chi connectivity index (χ2n) is 10.2. The van der Waals surface area contributed by atoms with Crippen LogP contribution in [0.25, 0.3) is 6.08 Å². The number of aromatic nitrogens is 1. The average molecular weight is 539 g/mol. The second-order valence-corrected chi connectivity index (χ2v) is 11.2. The Bertz CT molecular complexity index is 1710. The molecular weight excluding hydrogens is 508 g/mol. The minimum absolute atomic E-state index is 0.199. The second kappa shape index (κ2) is 10.5. The highest BCUT2D eigenvalue weighted by Crippen LogP contribution is 2.31. The van der Waals surface area contributed by atoms with E-state index in [1.54, 1.807) is 10.6 Å². The lowest BCUT2D eigenvalue weighted by Gasteiger charge is -2.29. The molecule has 0 aliphatic carbocycles. The molecule has 39 heavy (non-hydrogen) atoms. The van der Waals surface area contributed by atoms with Crippen molar-refractivity contribution in [2.75, 3.05) is 23.3 Å². The highest BCUT2D eigenvalue weighted by Gasteiger charge is 2.32. The number of nitrogens with one attached hydrogen (secondary N) is 1. The van der Waals surface area contributed by atoms with Crippen molar-refractivity contribution in [2.24, 2.45) is 10.9 Å². The van der Waals surface area contributed by atoms with Crippen molar-refractivity contribution >= 4 is 34.9 Å². The Hall–Kier alpha value is -4.17. The van der Waals surface area contributed by atoms with Crippen molar-refractivity contribution in [3.63, 3.8) is 0 Å². The molecule has 4 heterocycles. The fourth-order valence-electron chi connectivity index (χ4n) is 5.23. The molecule has 0 unspecified atom stereocenters. The molecule has 0 radical (unpaired) electrons. The van der Waals surface area contributed by atoms with Gasteiger partial charge in [0, 0.05) is 30.9 Å². The number of anilines is 2. The number of hydrogen-bond acceptors (Lipinski definition) is 6. The first kappa shape index (κ1) is 25.1. The first-order valence-corrected chi connectivity index (χ1v) is 14.1. The number of thiazole rings is 1. The van der Waals surface area contributed by atoms with Crippen LogP contribution in [0, 0.1) is 5.92 Å². The normalized spacial score (nSPS) is 18.2. The van der Waals surface area contributed by atoms with Gasteiger partial charge in [0.2, 0.25) is 0 Å². The van der Waals surface area contributed by atoms with Gasteiger partial charge in [-0.3, -0.25) is 14.2 Å². The van der Waals surface area contributed by atoms with Crippen molar-refractivity contribution in [3.05, 3.63) is 115 Å². The summed E-state index contributed by atoms with van der Waals surface area (Å²) in [6.45, 7) is 6.05. The molecule has 6 rings (SSSR count). The number of amides is 1. The minimum Gasteiger partial charge on any atom is -0.441 e. The zero-order valence-corrected chi connectivity index (χ0v) is 22.8. The molecule has 2 aromatic heterocycles. The summed E-state index contributed by atoms with van der Waals surface area (Å²) in [4.78, 5) is 35.0. The summed E-state index contributed by atoms with van der Waals surface area (Å²) in [6, 6.07) is 22.2. The molecule has 2 aliphatic heterocycles. The molecule has 198 valence electrons. The van der Waals surface area contributed by atoms with Gasteiger partial charge < -0.3 is 14.6 Å². The van der Waals surface area contributed by atoms with E-state index in [1.165, 1.54) is 11.3 Å². The quantitative estimate of drug-likeness (QED) is 0.399. The number of nitrogens with zero attached hydrogens (tertiary/aromatic N) is 3. The highest BCUT2D eigenvalue weighted by molar-refractivity contribution is 7.07. The van der Waals surface area contributed by atoms with E-state index < -0.39 is 6.04 Å². The lowest BCUT2D eigenvalue weighted by atomic mass is 9.95. The van der Waals surface area contributed by atoms with Crippen LogP contribution in [0.3, 0.4) is 0 Å². The molecule has 1 amide bonds. The number of para-hydroxylation sites is 1. The summed E-state index contributed by atoms with van der Waals surface area (Å²) in [7, 11) is 0. The Morgan fingerprint density at radius 2 is 1.72 bits per heavy atom. The smallest absolute Gasteiger partial charge is 0.271 e. The molecule has 7 nitrogen and oxygen atoms in total. The van der Waals surface area contributed by atoms with Crippen LogP contribution < -0.4 is 25.1 Å². The number of furan rings is 1. The predicted octanol–water partition coefficient (Wildman–Crippen LogP) is 4.70. The summed E-state index contributed by atoms with van der Waals surface area (Å²) in [5.41, 5.74) is 2.37. The number of rotatable bonds is 5. The molecule has 1 N–H and O–H groups in total. The van der Waals surface area contributed by atoms with Gasteiger partial charge in [-0.25, -0.2) is 4.99 Å². The Kier molecular flexibility index (Phi) is 6.79. The third-order valence-corrected chi connectivity index (χ3v) is 8.38. The zero-order chi connectivity index (χ0) is 26.9. The number of allylic oxidation sites excluding steroid dienone is 1. The maximum Gasteiger partial charge on any atom is 0.271 e. The van der Waals surface area contributed by atoms with E-state index in [-0.39, 0.29) is 11.5 Å². The van der Waals surface area contributed by atoms with E-state index in [4.69, 9.17) is 9.41 Å². The van der Waals surface area contributed by atoms with Gasteiger partial charge in [0.15, 0.2) is 10.7 Å². The molecule has 2 aliphatic rings. The van der Waals surface area contributed by atoms with Crippen LogP contribution in [0.1, 0.15) is 44.1 Å². The van der Waals surface area contributed by atoms with E-state index in [9.17, 15) is 9.59 Å². The number of carbonyl (C=O) groups excluding carboxylic acids is 1.